The maximum atomic E-state index is 12.4. The summed E-state index contributed by atoms with van der Waals surface area (Å²) in [7, 11) is 3.33. The summed E-state index contributed by atoms with van der Waals surface area (Å²) >= 11 is 0. The number of aliphatic imine (C=N–C) groups is 1. The zero-order chi connectivity index (χ0) is 29.6. The number of nitrogens with one attached hydrogen (secondary N) is 2. The zero-order valence-corrected chi connectivity index (χ0v) is 24.5. The molecule has 1 fully saturated rings. The van der Waals surface area contributed by atoms with Gasteiger partial charge in [0.15, 0.2) is 0 Å². The van der Waals surface area contributed by atoms with Crippen LogP contribution in [0.15, 0.2) is 72.7 Å². The normalized spacial score (nSPS) is 14.9. The van der Waals surface area contributed by atoms with Crippen molar-refractivity contribution in [2.24, 2.45) is 10.7 Å². The third-order valence-corrected chi connectivity index (χ3v) is 7.02. The topological polar surface area (TPSA) is 121 Å². The predicted octanol–water partition coefficient (Wildman–Crippen LogP) is 4.78. The van der Waals surface area contributed by atoms with Crippen molar-refractivity contribution in [3.63, 3.8) is 0 Å². The van der Waals surface area contributed by atoms with Crippen LogP contribution in [0.1, 0.15) is 32.4 Å². The van der Waals surface area contributed by atoms with E-state index in [0.717, 1.165) is 50.3 Å². The van der Waals surface area contributed by atoms with Gasteiger partial charge in [0.1, 0.15) is 17.9 Å². The van der Waals surface area contributed by atoms with E-state index in [-0.39, 0.29) is 5.91 Å². The highest BCUT2D eigenvalue weighted by Crippen LogP contribution is 2.39. The van der Waals surface area contributed by atoms with Crippen molar-refractivity contribution in [2.75, 3.05) is 55.9 Å². The molecule has 1 aliphatic rings. The molecule has 0 bridgehead atoms. The average Bonchev–Trinajstić information content (AvgIpc) is 3.00. The lowest BCUT2D eigenvalue weighted by Crippen LogP contribution is -2.45. The van der Waals surface area contributed by atoms with Crippen molar-refractivity contribution in [1.29, 1.82) is 0 Å². The Bertz CT molecular complexity index is 1290. The van der Waals surface area contributed by atoms with Crippen LogP contribution in [0, 0.1) is 0 Å². The molecule has 0 aliphatic carbocycles. The Morgan fingerprint density at radius 2 is 1.95 bits per heavy atom. The van der Waals surface area contributed by atoms with Gasteiger partial charge in [-0.05, 0) is 56.4 Å². The largest absolute Gasteiger partial charge is 0.494 e. The van der Waals surface area contributed by atoms with Crippen LogP contribution >= 0.6 is 0 Å². The zero-order valence-electron chi connectivity index (χ0n) is 24.5. The van der Waals surface area contributed by atoms with Crippen LogP contribution in [0.2, 0.25) is 0 Å². The maximum Gasteiger partial charge on any atom is 0.247 e. The molecule has 10 heteroatoms. The van der Waals surface area contributed by atoms with Crippen molar-refractivity contribution in [1.82, 2.24) is 14.9 Å². The molecule has 0 radical (unpaired) electrons. The molecule has 1 aliphatic heterocycles. The number of amides is 1. The lowest BCUT2D eigenvalue weighted by atomic mass is 10.0. The number of rotatable bonds is 13. The summed E-state index contributed by atoms with van der Waals surface area (Å²) in [5, 5.41) is 6.33. The third-order valence-electron chi connectivity index (χ3n) is 7.02. The number of benzene rings is 1. The number of allylic oxidation sites excluding steroid dienone is 5. The van der Waals surface area contributed by atoms with Gasteiger partial charge in [-0.3, -0.25) is 9.79 Å². The molecule has 3 rings (SSSR count). The standard InChI is InChI=1S/C31H42N8O2/c1-6-31(40)37-26-19-27(29(41-5)21-28(26)39-17-13-24(14-18-39)38(7-2)8-3)36-30-20-25(34-22-35-30)23(12-16-33-4)11-9-10-15-32/h6,9-12,15-16,19-22,24H,1,7-8,13-14,17-18,32H2,2-5H3,(H,37,40)(H,34,35,36). The molecule has 41 heavy (non-hydrogen) atoms. The number of carbonyl (C=O) groups excluding carboxylic acids is 1. The highest BCUT2D eigenvalue weighted by Gasteiger charge is 2.26. The molecule has 0 atom stereocenters. The molecule has 218 valence electrons. The number of methoxy groups -OCH3 is 1. The lowest BCUT2D eigenvalue weighted by Gasteiger charge is -2.39. The summed E-state index contributed by atoms with van der Waals surface area (Å²) in [4.78, 5) is 30.1. The molecule has 0 saturated carbocycles. The first-order chi connectivity index (χ1) is 20.0. The number of carbonyl (C=O) groups is 1. The van der Waals surface area contributed by atoms with Crippen LogP contribution in [0.5, 0.6) is 5.75 Å². The molecule has 0 unspecified atom stereocenters. The van der Waals surface area contributed by atoms with Gasteiger partial charge in [0.05, 0.1) is 29.9 Å². The van der Waals surface area contributed by atoms with E-state index >= 15 is 0 Å². The quantitative estimate of drug-likeness (QED) is 0.183. The minimum atomic E-state index is -0.282. The highest BCUT2D eigenvalue weighted by molar-refractivity contribution is 6.02. The summed E-state index contributed by atoms with van der Waals surface area (Å²) < 4.78 is 5.79. The van der Waals surface area contributed by atoms with Crippen molar-refractivity contribution in [3.8, 4) is 5.75 Å². The van der Waals surface area contributed by atoms with Crippen molar-refractivity contribution in [2.45, 2.75) is 32.7 Å². The molecule has 10 nitrogen and oxygen atoms in total. The second-order valence-corrected chi connectivity index (χ2v) is 9.39. The molecular weight excluding hydrogens is 516 g/mol. The SMILES string of the molecule is C=CC(=O)Nc1cc(Nc2cc(C(C=CC=CN)=CC=NC)ncn2)c(OC)cc1N1CCC(N(CC)CC)CC1. The van der Waals surface area contributed by atoms with Crippen molar-refractivity contribution in [3.05, 3.63) is 73.4 Å². The number of aromatic nitrogens is 2. The summed E-state index contributed by atoms with van der Waals surface area (Å²) in [6.07, 6.45) is 15.3. The minimum absolute atomic E-state index is 0.282. The van der Waals surface area contributed by atoms with Crippen LogP contribution < -0.4 is 26.0 Å². The van der Waals surface area contributed by atoms with Crippen LogP contribution in [0.4, 0.5) is 22.9 Å². The first-order valence-corrected chi connectivity index (χ1v) is 13.9. The molecule has 4 N–H and O–H groups in total. The van der Waals surface area contributed by atoms with E-state index < -0.39 is 0 Å². The fourth-order valence-electron chi connectivity index (χ4n) is 4.92. The maximum absolute atomic E-state index is 12.4. The van der Waals surface area contributed by atoms with E-state index in [4.69, 9.17) is 10.5 Å². The van der Waals surface area contributed by atoms with Gasteiger partial charge in [0, 0.05) is 50.1 Å². The second-order valence-electron chi connectivity index (χ2n) is 9.39. The Labute approximate surface area is 243 Å². The number of hydrogen-bond donors (Lipinski definition) is 3. The fourth-order valence-corrected chi connectivity index (χ4v) is 4.92. The van der Waals surface area contributed by atoms with Gasteiger partial charge in [-0.15, -0.1) is 0 Å². The van der Waals surface area contributed by atoms with Crippen LogP contribution in [0.3, 0.4) is 0 Å². The van der Waals surface area contributed by atoms with Gasteiger partial charge < -0.3 is 30.9 Å². The number of anilines is 4. The van der Waals surface area contributed by atoms with E-state index in [1.54, 1.807) is 26.4 Å². The summed E-state index contributed by atoms with van der Waals surface area (Å²) in [6, 6.07) is 6.23. The summed E-state index contributed by atoms with van der Waals surface area (Å²) in [6.45, 7) is 11.9. The lowest BCUT2D eigenvalue weighted by molar-refractivity contribution is -0.111. The van der Waals surface area contributed by atoms with E-state index in [1.807, 2.05) is 36.4 Å². The Morgan fingerprint density at radius 3 is 2.59 bits per heavy atom. The first kappa shape index (κ1) is 31.1. The number of piperidine rings is 1. The Kier molecular flexibility index (Phi) is 12.1. The average molecular weight is 559 g/mol. The molecule has 0 spiro atoms. The van der Waals surface area contributed by atoms with E-state index in [0.29, 0.717) is 34.7 Å². The molecule has 1 saturated heterocycles. The summed E-state index contributed by atoms with van der Waals surface area (Å²) in [5.74, 6) is 0.907. The number of ether oxygens (including phenoxy) is 1. The van der Waals surface area contributed by atoms with Crippen molar-refractivity contribution < 1.29 is 9.53 Å². The second kappa shape index (κ2) is 16.0. The van der Waals surface area contributed by atoms with Gasteiger partial charge in [0.2, 0.25) is 5.91 Å². The Morgan fingerprint density at radius 1 is 1.20 bits per heavy atom. The summed E-state index contributed by atoms with van der Waals surface area (Å²) in [5.41, 5.74) is 9.22. The van der Waals surface area contributed by atoms with Crippen LogP contribution in [-0.2, 0) is 4.79 Å². The van der Waals surface area contributed by atoms with E-state index in [9.17, 15) is 4.79 Å². The molecule has 1 amide bonds. The predicted molar refractivity (Wildman–Crippen MR) is 170 cm³/mol. The fraction of sp³-hybridized carbons (Fsp3) is 0.355. The minimum Gasteiger partial charge on any atom is -0.494 e. The van der Waals surface area contributed by atoms with Crippen LogP contribution in [0.25, 0.3) is 5.57 Å². The van der Waals surface area contributed by atoms with Gasteiger partial charge in [-0.1, -0.05) is 32.6 Å². The molecule has 1 aromatic heterocycles. The molecular formula is C31H42N8O2. The molecule has 2 aromatic rings. The number of nitrogens with two attached hydrogens (primary N) is 1. The monoisotopic (exact) mass is 558 g/mol. The Hall–Kier alpha value is -4.44. The van der Waals surface area contributed by atoms with Gasteiger partial charge in [-0.2, -0.15) is 0 Å². The van der Waals surface area contributed by atoms with Gasteiger partial charge in [-0.25, -0.2) is 9.97 Å². The highest BCUT2D eigenvalue weighted by atomic mass is 16.5. The Balaban J connectivity index is 1.95. The third kappa shape index (κ3) is 8.52. The van der Waals surface area contributed by atoms with E-state index in [2.05, 4.69) is 55.8 Å². The number of nitrogens with zero attached hydrogens (tertiary/aromatic N) is 5. The van der Waals surface area contributed by atoms with Crippen molar-refractivity contribution >= 4 is 40.6 Å². The van der Waals surface area contributed by atoms with Gasteiger partial charge >= 0.3 is 0 Å². The number of hydrogen-bond acceptors (Lipinski definition) is 9. The molecule has 2 heterocycles. The smallest absolute Gasteiger partial charge is 0.247 e. The first-order valence-electron chi connectivity index (χ1n) is 13.9. The van der Waals surface area contributed by atoms with Crippen LogP contribution in [-0.4, -0.2) is 73.4 Å². The molecule has 1 aromatic carbocycles. The van der Waals surface area contributed by atoms with E-state index in [1.165, 1.54) is 18.6 Å². The van der Waals surface area contributed by atoms with Gasteiger partial charge in [0.25, 0.3) is 0 Å².